The first-order valence-electron chi connectivity index (χ1n) is 9.12. The van der Waals surface area contributed by atoms with E-state index in [0.29, 0.717) is 6.61 Å². The molecule has 0 bridgehead atoms. The van der Waals surface area contributed by atoms with Crippen LogP contribution in [-0.4, -0.2) is 54.6 Å². The number of nitrogens with one attached hydrogen (secondary N) is 1. The molecule has 0 radical (unpaired) electrons. The normalized spacial score (nSPS) is 32.4. The lowest BCUT2D eigenvalue weighted by atomic mass is 9.93. The minimum atomic E-state index is -0.549. The Hall–Kier alpha value is -1.60. The average Bonchev–Trinajstić information content (AvgIpc) is 2.94. The van der Waals surface area contributed by atoms with Crippen LogP contribution < -0.4 is 5.32 Å². The van der Waals surface area contributed by atoms with Crippen molar-refractivity contribution in [2.24, 2.45) is 5.92 Å². The number of esters is 1. The molecule has 5 atom stereocenters. The molecular weight excluding hydrogens is 324 g/mol. The highest BCUT2D eigenvalue weighted by Crippen LogP contribution is 2.36. The minimum absolute atomic E-state index is 0.00648. The first-order chi connectivity index (χ1) is 11.9. The van der Waals surface area contributed by atoms with Gasteiger partial charge in [0, 0.05) is 12.1 Å². The molecule has 1 fully saturated rings. The molecule has 1 saturated heterocycles. The fourth-order valence-electron chi connectivity index (χ4n) is 3.42. The van der Waals surface area contributed by atoms with E-state index in [0.717, 1.165) is 18.4 Å². The summed E-state index contributed by atoms with van der Waals surface area (Å²) in [5.41, 5.74) is 1.04. The summed E-state index contributed by atoms with van der Waals surface area (Å²) in [6.07, 6.45) is 2.55. The van der Waals surface area contributed by atoms with E-state index in [1.54, 1.807) is 11.8 Å². The second kappa shape index (κ2) is 8.67. The van der Waals surface area contributed by atoms with Crippen molar-refractivity contribution in [1.29, 1.82) is 0 Å². The van der Waals surface area contributed by atoms with E-state index in [1.807, 2.05) is 20.0 Å². The molecule has 2 amide bonds. The maximum Gasteiger partial charge on any atom is 0.332 e. The third-order valence-electron chi connectivity index (χ3n) is 4.94. The van der Waals surface area contributed by atoms with Crippen LogP contribution in [-0.2, 0) is 19.0 Å². The highest BCUT2D eigenvalue weighted by molar-refractivity contribution is 5.78. The third-order valence-corrected chi connectivity index (χ3v) is 4.94. The molecule has 0 aliphatic carbocycles. The van der Waals surface area contributed by atoms with Crippen molar-refractivity contribution in [3.05, 3.63) is 11.8 Å². The predicted molar refractivity (Wildman–Crippen MR) is 92.7 cm³/mol. The molecule has 2 unspecified atom stereocenters. The zero-order valence-corrected chi connectivity index (χ0v) is 15.8. The van der Waals surface area contributed by atoms with Crippen LogP contribution in [0.2, 0.25) is 0 Å². The first kappa shape index (κ1) is 19.7. The summed E-state index contributed by atoms with van der Waals surface area (Å²) in [5, 5.41) is 2.92. The van der Waals surface area contributed by atoms with Crippen LogP contribution in [0.1, 0.15) is 47.5 Å². The number of amides is 2. The zero-order valence-electron chi connectivity index (χ0n) is 15.8. The molecule has 25 heavy (non-hydrogen) atoms. The van der Waals surface area contributed by atoms with Crippen LogP contribution in [0.4, 0.5) is 4.79 Å². The maximum absolute atomic E-state index is 12.5. The Labute approximate surface area is 149 Å². The molecule has 0 aromatic carbocycles. The van der Waals surface area contributed by atoms with Crippen molar-refractivity contribution < 1.29 is 23.8 Å². The molecule has 0 aromatic rings. The highest BCUT2D eigenvalue weighted by Gasteiger charge is 2.48. The number of urea groups is 1. The average molecular weight is 354 g/mol. The Kier molecular flexibility index (Phi) is 6.84. The number of rotatable bonds is 7. The molecule has 142 valence electrons. The van der Waals surface area contributed by atoms with Gasteiger partial charge in [0.1, 0.15) is 12.7 Å². The van der Waals surface area contributed by atoms with E-state index in [2.05, 4.69) is 19.2 Å². The molecule has 2 rings (SSSR count). The smallest absolute Gasteiger partial charge is 0.332 e. The van der Waals surface area contributed by atoms with E-state index >= 15 is 0 Å². The summed E-state index contributed by atoms with van der Waals surface area (Å²) in [4.78, 5) is 25.7. The molecule has 0 saturated carbocycles. The number of hydrogen-bond donors (Lipinski definition) is 1. The predicted octanol–water partition coefficient (Wildman–Crippen LogP) is 2.41. The highest BCUT2D eigenvalue weighted by atomic mass is 16.6. The van der Waals surface area contributed by atoms with Crippen molar-refractivity contribution >= 4 is 12.0 Å². The first-order valence-corrected chi connectivity index (χ1v) is 9.12. The topological polar surface area (TPSA) is 77.1 Å². The number of nitrogens with zero attached hydrogens (tertiary/aromatic N) is 1. The van der Waals surface area contributed by atoms with E-state index in [4.69, 9.17) is 14.2 Å². The second-order valence-corrected chi connectivity index (χ2v) is 6.58. The van der Waals surface area contributed by atoms with E-state index in [9.17, 15) is 9.59 Å². The minimum Gasteiger partial charge on any atom is -0.464 e. The standard InChI is InChI=1S/C18H30N2O5/c1-6-13-14(7-2)25-17(16(13)24-10-15(21)23-8-3)20-9-11(4)12(5)19-18(20)22/h9,12-14,16-17H,6-8,10H2,1-5H3,(H,19,22)/t12?,13?,14-,16+,17-/m1/s1. The summed E-state index contributed by atoms with van der Waals surface area (Å²) in [7, 11) is 0. The second-order valence-electron chi connectivity index (χ2n) is 6.58. The van der Waals surface area contributed by atoms with Gasteiger partial charge in [-0.25, -0.2) is 9.59 Å². The Morgan fingerprint density at radius 3 is 2.64 bits per heavy atom. The number of hydrogen-bond acceptors (Lipinski definition) is 5. The number of carbonyl (C=O) groups excluding carboxylic acids is 2. The largest absolute Gasteiger partial charge is 0.464 e. The van der Waals surface area contributed by atoms with Gasteiger partial charge in [-0.15, -0.1) is 0 Å². The molecule has 2 heterocycles. The van der Waals surface area contributed by atoms with Crippen LogP contribution in [0.15, 0.2) is 11.8 Å². The number of carbonyl (C=O) groups is 2. The van der Waals surface area contributed by atoms with Crippen LogP contribution in [0.3, 0.4) is 0 Å². The molecule has 7 nitrogen and oxygen atoms in total. The van der Waals surface area contributed by atoms with Gasteiger partial charge in [-0.3, -0.25) is 4.90 Å². The van der Waals surface area contributed by atoms with Crippen molar-refractivity contribution in [1.82, 2.24) is 10.2 Å². The van der Waals surface area contributed by atoms with Crippen molar-refractivity contribution in [2.75, 3.05) is 13.2 Å². The monoisotopic (exact) mass is 354 g/mol. The van der Waals surface area contributed by atoms with Gasteiger partial charge in [-0.1, -0.05) is 13.8 Å². The summed E-state index contributed by atoms with van der Waals surface area (Å²) in [6.45, 7) is 9.96. The molecular formula is C18H30N2O5. The van der Waals surface area contributed by atoms with Crippen molar-refractivity contribution in [2.45, 2.75) is 71.9 Å². The van der Waals surface area contributed by atoms with Gasteiger partial charge in [0.2, 0.25) is 0 Å². The molecule has 0 aromatic heterocycles. The Bertz CT molecular complexity index is 522. The SMILES string of the molecule is CCOC(=O)CO[C@H]1C(CC)[C@@H](CC)O[C@H]1N1C=C(C)C(C)NC1=O. The Morgan fingerprint density at radius 2 is 2.04 bits per heavy atom. The fraction of sp³-hybridized carbons (Fsp3) is 0.778. The lowest BCUT2D eigenvalue weighted by molar-refractivity contribution is -0.154. The fourth-order valence-corrected chi connectivity index (χ4v) is 3.42. The van der Waals surface area contributed by atoms with Crippen LogP contribution >= 0.6 is 0 Å². The van der Waals surface area contributed by atoms with Gasteiger partial charge in [0.15, 0.2) is 6.23 Å². The summed E-state index contributed by atoms with van der Waals surface area (Å²) in [5.74, 6) is -0.287. The summed E-state index contributed by atoms with van der Waals surface area (Å²) >= 11 is 0. The quantitative estimate of drug-likeness (QED) is 0.711. The maximum atomic E-state index is 12.5. The summed E-state index contributed by atoms with van der Waals surface area (Å²) in [6, 6.07) is -0.215. The van der Waals surface area contributed by atoms with Gasteiger partial charge in [-0.05, 0) is 39.2 Å². The number of ether oxygens (including phenoxy) is 3. The zero-order chi connectivity index (χ0) is 18.6. The molecule has 2 aliphatic heterocycles. The Balaban J connectivity index is 2.20. The van der Waals surface area contributed by atoms with Crippen molar-refractivity contribution in [3.63, 3.8) is 0 Å². The van der Waals surface area contributed by atoms with Crippen LogP contribution in [0.25, 0.3) is 0 Å². The van der Waals surface area contributed by atoms with Crippen LogP contribution in [0.5, 0.6) is 0 Å². The molecule has 2 aliphatic rings. The lowest BCUT2D eigenvalue weighted by Crippen LogP contribution is -2.53. The van der Waals surface area contributed by atoms with Gasteiger partial charge in [0.25, 0.3) is 0 Å². The van der Waals surface area contributed by atoms with Gasteiger partial charge in [-0.2, -0.15) is 0 Å². The van der Waals surface area contributed by atoms with E-state index in [1.165, 1.54) is 0 Å². The van der Waals surface area contributed by atoms with Crippen LogP contribution in [0, 0.1) is 5.92 Å². The van der Waals surface area contributed by atoms with Gasteiger partial charge >= 0.3 is 12.0 Å². The van der Waals surface area contributed by atoms with Gasteiger partial charge in [0.05, 0.1) is 18.8 Å². The van der Waals surface area contributed by atoms with E-state index in [-0.39, 0.29) is 36.8 Å². The van der Waals surface area contributed by atoms with Gasteiger partial charge < -0.3 is 19.5 Å². The van der Waals surface area contributed by atoms with Crippen molar-refractivity contribution in [3.8, 4) is 0 Å². The third kappa shape index (κ3) is 4.33. The van der Waals surface area contributed by atoms with E-state index < -0.39 is 12.2 Å². The molecule has 1 N–H and O–H groups in total. The lowest BCUT2D eigenvalue weighted by Gasteiger charge is -2.35. The molecule has 0 spiro atoms. The Morgan fingerprint density at radius 1 is 1.32 bits per heavy atom. The molecule has 7 heteroatoms. The summed E-state index contributed by atoms with van der Waals surface area (Å²) < 4.78 is 17.0.